The van der Waals surface area contributed by atoms with E-state index < -0.39 is 7.82 Å². The third kappa shape index (κ3) is 6.38. The number of hydrogen-bond donors (Lipinski definition) is 1. The smallest absolute Gasteiger partial charge is 0.303 e. The van der Waals surface area contributed by atoms with E-state index in [4.69, 9.17) is 11.3 Å². The van der Waals surface area contributed by atoms with Gasteiger partial charge in [-0.25, -0.2) is 4.57 Å². The Labute approximate surface area is 72.5 Å². The maximum Gasteiger partial charge on any atom is 0.471 e. The van der Waals surface area contributed by atoms with Gasteiger partial charge in [-0.2, -0.15) is 0 Å². The SMILES string of the molecule is C#CCCCCOP(=O)(O)OC. The molecule has 1 N–H and O–H groups in total. The molecule has 0 aliphatic heterocycles. The summed E-state index contributed by atoms with van der Waals surface area (Å²) >= 11 is 0. The molecule has 12 heavy (non-hydrogen) atoms. The summed E-state index contributed by atoms with van der Waals surface area (Å²) < 4.78 is 19.4. The molecular weight excluding hydrogens is 179 g/mol. The molecule has 0 saturated heterocycles. The van der Waals surface area contributed by atoms with Crippen LogP contribution >= 0.6 is 7.82 Å². The monoisotopic (exact) mass is 192 g/mol. The van der Waals surface area contributed by atoms with Crippen molar-refractivity contribution in [1.29, 1.82) is 0 Å². The molecule has 0 aromatic carbocycles. The molecule has 0 saturated carbocycles. The maximum absolute atomic E-state index is 10.7. The van der Waals surface area contributed by atoms with Crippen molar-refractivity contribution in [3.63, 3.8) is 0 Å². The Balaban J connectivity index is 3.33. The highest BCUT2D eigenvalue weighted by Crippen LogP contribution is 2.41. The Morgan fingerprint density at radius 1 is 1.58 bits per heavy atom. The van der Waals surface area contributed by atoms with Gasteiger partial charge in [0.25, 0.3) is 0 Å². The molecule has 70 valence electrons. The van der Waals surface area contributed by atoms with Gasteiger partial charge in [-0.3, -0.25) is 9.05 Å². The van der Waals surface area contributed by atoms with Crippen molar-refractivity contribution >= 4 is 7.82 Å². The van der Waals surface area contributed by atoms with Gasteiger partial charge >= 0.3 is 7.82 Å². The van der Waals surface area contributed by atoms with E-state index in [-0.39, 0.29) is 6.61 Å². The van der Waals surface area contributed by atoms with Crippen molar-refractivity contribution in [2.24, 2.45) is 0 Å². The number of rotatable bonds is 6. The molecule has 0 heterocycles. The molecule has 4 nitrogen and oxygen atoms in total. The van der Waals surface area contributed by atoms with Crippen molar-refractivity contribution < 1.29 is 18.5 Å². The zero-order chi connectivity index (χ0) is 9.45. The van der Waals surface area contributed by atoms with Gasteiger partial charge in [0.05, 0.1) is 6.61 Å². The van der Waals surface area contributed by atoms with Gasteiger partial charge in [-0.05, 0) is 12.8 Å². The van der Waals surface area contributed by atoms with Crippen LogP contribution < -0.4 is 0 Å². The average molecular weight is 192 g/mol. The first-order chi connectivity index (χ1) is 5.62. The Morgan fingerprint density at radius 3 is 2.75 bits per heavy atom. The van der Waals surface area contributed by atoms with Gasteiger partial charge < -0.3 is 4.89 Å². The van der Waals surface area contributed by atoms with Crippen molar-refractivity contribution in [2.45, 2.75) is 19.3 Å². The number of terminal acetylenes is 1. The van der Waals surface area contributed by atoms with Crippen LogP contribution in [0, 0.1) is 12.3 Å². The largest absolute Gasteiger partial charge is 0.471 e. The van der Waals surface area contributed by atoms with Crippen LogP contribution in [0.25, 0.3) is 0 Å². The van der Waals surface area contributed by atoms with E-state index in [1.165, 1.54) is 0 Å². The standard InChI is InChI=1S/C7H13O4P/c1-3-4-5-6-7-11-12(8,9)10-2/h1H,4-7H2,2H3,(H,8,9). The normalized spacial score (nSPS) is 15.1. The molecule has 1 unspecified atom stereocenters. The highest BCUT2D eigenvalue weighted by molar-refractivity contribution is 7.47. The molecule has 0 aromatic rings. The fourth-order valence-electron chi connectivity index (χ4n) is 0.562. The summed E-state index contributed by atoms with van der Waals surface area (Å²) in [6.45, 7) is 0.198. The van der Waals surface area contributed by atoms with Crippen molar-refractivity contribution in [2.75, 3.05) is 13.7 Å². The molecule has 0 fully saturated rings. The zero-order valence-electron chi connectivity index (χ0n) is 7.02. The van der Waals surface area contributed by atoms with Crippen LogP contribution in [0.15, 0.2) is 0 Å². The van der Waals surface area contributed by atoms with E-state index in [9.17, 15) is 4.57 Å². The minimum atomic E-state index is -3.77. The fourth-order valence-corrected chi connectivity index (χ4v) is 1.03. The number of phosphoric acid groups is 1. The molecule has 0 rings (SSSR count). The first kappa shape index (κ1) is 11.7. The highest BCUT2D eigenvalue weighted by Gasteiger charge is 2.16. The second-order valence-electron chi connectivity index (χ2n) is 2.15. The number of unbranched alkanes of at least 4 members (excludes halogenated alkanes) is 2. The second-order valence-corrected chi connectivity index (χ2v) is 3.71. The lowest BCUT2D eigenvalue weighted by molar-refractivity contribution is 0.171. The summed E-state index contributed by atoms with van der Waals surface area (Å²) in [6.07, 6.45) is 7.12. The first-order valence-corrected chi connectivity index (χ1v) is 5.08. The third-order valence-electron chi connectivity index (χ3n) is 1.20. The van der Waals surface area contributed by atoms with E-state index in [1.54, 1.807) is 0 Å². The van der Waals surface area contributed by atoms with Gasteiger partial charge in [0, 0.05) is 13.5 Å². The average Bonchev–Trinajstić information content (AvgIpc) is 2.04. The van der Waals surface area contributed by atoms with E-state index >= 15 is 0 Å². The lowest BCUT2D eigenvalue weighted by atomic mass is 10.2. The molecule has 0 aromatic heterocycles. The van der Waals surface area contributed by atoms with Crippen LogP contribution in [-0.2, 0) is 13.6 Å². The Morgan fingerprint density at radius 2 is 2.25 bits per heavy atom. The summed E-state index contributed by atoms with van der Waals surface area (Å²) in [5, 5.41) is 0. The topological polar surface area (TPSA) is 55.8 Å². The lowest BCUT2D eigenvalue weighted by Gasteiger charge is -2.07. The van der Waals surface area contributed by atoms with Crippen LogP contribution in [0.2, 0.25) is 0 Å². The molecule has 1 atom stereocenters. The van der Waals surface area contributed by atoms with Gasteiger partial charge in [-0.15, -0.1) is 12.3 Å². The van der Waals surface area contributed by atoms with Crippen molar-refractivity contribution in [3.8, 4) is 12.3 Å². The van der Waals surface area contributed by atoms with E-state index in [0.29, 0.717) is 12.8 Å². The van der Waals surface area contributed by atoms with E-state index in [1.807, 2.05) is 0 Å². The molecule has 0 aliphatic carbocycles. The van der Waals surface area contributed by atoms with Gasteiger partial charge in [0.15, 0.2) is 0 Å². The van der Waals surface area contributed by atoms with Crippen LogP contribution in [0.4, 0.5) is 0 Å². The van der Waals surface area contributed by atoms with Gasteiger partial charge in [0.2, 0.25) is 0 Å². The first-order valence-electron chi connectivity index (χ1n) is 3.59. The van der Waals surface area contributed by atoms with Crippen LogP contribution in [-0.4, -0.2) is 18.6 Å². The molecule has 0 radical (unpaired) electrons. The van der Waals surface area contributed by atoms with Gasteiger partial charge in [-0.1, -0.05) is 0 Å². The molecule has 0 spiro atoms. The van der Waals surface area contributed by atoms with E-state index in [2.05, 4.69) is 15.0 Å². The summed E-state index contributed by atoms with van der Waals surface area (Å²) in [6, 6.07) is 0. The number of phosphoric ester groups is 1. The summed E-state index contributed by atoms with van der Waals surface area (Å²) in [5.74, 6) is 2.46. The highest BCUT2D eigenvalue weighted by atomic mass is 31.2. The minimum absolute atomic E-state index is 0.198. The maximum atomic E-state index is 10.7. The molecule has 0 amide bonds. The molecule has 5 heteroatoms. The Kier molecular flexibility index (Phi) is 6.04. The summed E-state index contributed by atoms with van der Waals surface area (Å²) in [4.78, 5) is 8.75. The molecular formula is C7H13O4P. The summed E-state index contributed by atoms with van der Waals surface area (Å²) in [5.41, 5.74) is 0. The second kappa shape index (κ2) is 6.22. The zero-order valence-corrected chi connectivity index (χ0v) is 7.92. The van der Waals surface area contributed by atoms with Crippen molar-refractivity contribution in [3.05, 3.63) is 0 Å². The van der Waals surface area contributed by atoms with Crippen molar-refractivity contribution in [1.82, 2.24) is 0 Å². The number of hydrogen-bond acceptors (Lipinski definition) is 3. The fraction of sp³-hybridized carbons (Fsp3) is 0.714. The third-order valence-corrected chi connectivity index (χ3v) is 2.17. The Bertz CT molecular complexity index is 196. The van der Waals surface area contributed by atoms with E-state index in [0.717, 1.165) is 13.5 Å². The van der Waals surface area contributed by atoms with Crippen LogP contribution in [0.5, 0.6) is 0 Å². The molecule has 0 bridgehead atoms. The predicted octanol–water partition coefficient (Wildman–Crippen LogP) is 1.55. The quantitative estimate of drug-likeness (QED) is 0.394. The Hall–Kier alpha value is -0.330. The van der Waals surface area contributed by atoms with Gasteiger partial charge in [0.1, 0.15) is 0 Å². The van der Waals surface area contributed by atoms with Crippen LogP contribution in [0.3, 0.4) is 0 Å². The van der Waals surface area contributed by atoms with Crippen LogP contribution in [0.1, 0.15) is 19.3 Å². The minimum Gasteiger partial charge on any atom is -0.303 e. The predicted molar refractivity (Wildman–Crippen MR) is 45.5 cm³/mol. The molecule has 0 aliphatic rings. The lowest BCUT2D eigenvalue weighted by Crippen LogP contribution is -1.94. The summed E-state index contributed by atoms with van der Waals surface area (Å²) in [7, 11) is -2.65.